The van der Waals surface area contributed by atoms with Gasteiger partial charge in [0.1, 0.15) is 5.52 Å². The second kappa shape index (κ2) is 11.2. The van der Waals surface area contributed by atoms with E-state index in [2.05, 4.69) is 15.3 Å². The third-order valence-electron chi connectivity index (χ3n) is 8.65. The van der Waals surface area contributed by atoms with Crippen LogP contribution in [0.5, 0.6) is 0 Å². The average Bonchev–Trinajstić information content (AvgIpc) is 3.35. The fourth-order valence-corrected chi connectivity index (χ4v) is 7.45. The third kappa shape index (κ3) is 6.20. The highest BCUT2D eigenvalue weighted by Crippen LogP contribution is 2.37. The molecule has 1 atom stereocenters. The summed E-state index contributed by atoms with van der Waals surface area (Å²) in [6.07, 6.45) is 4.41. The van der Waals surface area contributed by atoms with E-state index in [0.29, 0.717) is 18.5 Å². The molecule has 14 nitrogen and oxygen atoms in total. The first-order valence-electron chi connectivity index (χ1n) is 14.8. The van der Waals surface area contributed by atoms with E-state index in [1.54, 1.807) is 29.0 Å². The Morgan fingerprint density at radius 3 is 2.53 bits per heavy atom. The Balaban J connectivity index is 1.41. The van der Waals surface area contributed by atoms with Crippen LogP contribution in [0.15, 0.2) is 34.2 Å². The Morgan fingerprint density at radius 2 is 1.93 bits per heavy atom. The van der Waals surface area contributed by atoms with E-state index in [9.17, 15) is 26.8 Å². The number of hydrogen-bond acceptors (Lipinski definition) is 9. The zero-order valence-corrected chi connectivity index (χ0v) is 26.4. The van der Waals surface area contributed by atoms with Crippen molar-refractivity contribution in [2.24, 2.45) is 7.05 Å². The summed E-state index contributed by atoms with van der Waals surface area (Å²) in [6.45, 7) is 3.83. The van der Waals surface area contributed by atoms with Gasteiger partial charge in [-0.15, -0.1) is 0 Å². The molecule has 1 saturated carbocycles. The van der Waals surface area contributed by atoms with Gasteiger partial charge in [0.15, 0.2) is 0 Å². The van der Waals surface area contributed by atoms with Crippen molar-refractivity contribution in [2.45, 2.75) is 62.1 Å². The van der Waals surface area contributed by atoms with Gasteiger partial charge in [0.2, 0.25) is 16.0 Å². The van der Waals surface area contributed by atoms with Crippen LogP contribution in [-0.4, -0.2) is 101 Å². The van der Waals surface area contributed by atoms with Crippen LogP contribution in [0.25, 0.3) is 10.9 Å². The number of carbonyl (C=O) groups is 1. The van der Waals surface area contributed by atoms with Gasteiger partial charge in [-0.05, 0) is 38.8 Å². The number of likely N-dealkylation sites (tertiary alicyclic amines) is 1. The molecule has 3 aliphatic rings. The summed E-state index contributed by atoms with van der Waals surface area (Å²) >= 11 is 0. The number of nitrogens with one attached hydrogen (secondary N) is 2. The van der Waals surface area contributed by atoms with E-state index in [1.165, 1.54) is 28.7 Å². The molecule has 2 aromatic heterocycles. The second-order valence-corrected chi connectivity index (χ2v) is 14.1. The van der Waals surface area contributed by atoms with Gasteiger partial charge < -0.3 is 14.7 Å². The second-order valence-electron chi connectivity index (χ2n) is 12.5. The van der Waals surface area contributed by atoms with E-state index in [1.807, 2.05) is 18.7 Å². The molecule has 244 valence electrons. The Hall–Kier alpha value is -3.83. The number of aromatic nitrogens is 4. The van der Waals surface area contributed by atoms with Crippen molar-refractivity contribution in [1.82, 2.24) is 33.9 Å². The van der Waals surface area contributed by atoms with Gasteiger partial charge in [-0.2, -0.15) is 5.10 Å². The lowest BCUT2D eigenvalue weighted by molar-refractivity contribution is 0.0131. The minimum absolute atomic E-state index is 0.0141. The van der Waals surface area contributed by atoms with Crippen LogP contribution < -0.4 is 20.7 Å². The van der Waals surface area contributed by atoms with Crippen LogP contribution in [-0.2, 0) is 28.5 Å². The molecule has 3 fully saturated rings. The molecular formula is C28H37F2N9O5S. The molecule has 6 rings (SSSR count). The molecule has 0 unspecified atom stereocenters. The van der Waals surface area contributed by atoms with Gasteiger partial charge in [0, 0.05) is 63.0 Å². The molecular weight excluding hydrogens is 612 g/mol. The molecule has 1 aliphatic carbocycles. The Labute approximate surface area is 258 Å². The predicted molar refractivity (Wildman–Crippen MR) is 162 cm³/mol. The maximum Gasteiger partial charge on any atom is 0.320 e. The summed E-state index contributed by atoms with van der Waals surface area (Å²) in [5.41, 5.74) is 3.00. The van der Waals surface area contributed by atoms with Crippen LogP contribution in [0, 0.1) is 0 Å². The molecule has 2 N–H and O–H groups in total. The number of halogens is 2. The number of nitrogens with zero attached hydrogens (tertiary/aromatic N) is 7. The van der Waals surface area contributed by atoms with Crippen LogP contribution in [0.2, 0.25) is 0 Å². The molecule has 0 spiro atoms. The molecule has 0 bridgehead atoms. The van der Waals surface area contributed by atoms with Crippen molar-refractivity contribution in [3.8, 4) is 0 Å². The quantitative estimate of drug-likeness (QED) is 0.350. The zero-order chi connectivity index (χ0) is 32.3. The van der Waals surface area contributed by atoms with Crippen LogP contribution >= 0.6 is 0 Å². The minimum atomic E-state index is -4.02. The fourth-order valence-electron chi connectivity index (χ4n) is 5.94. The Morgan fingerprint density at radius 1 is 1.18 bits per heavy atom. The van der Waals surface area contributed by atoms with Crippen molar-refractivity contribution in [2.75, 3.05) is 50.2 Å². The number of fused-ring (bicyclic) bond motifs is 1. The number of alkyl halides is 2. The number of amides is 2. The predicted octanol–water partition coefficient (Wildman–Crippen LogP) is 1.95. The van der Waals surface area contributed by atoms with Gasteiger partial charge in [0.05, 0.1) is 42.4 Å². The molecule has 45 heavy (non-hydrogen) atoms. The zero-order valence-electron chi connectivity index (χ0n) is 25.6. The summed E-state index contributed by atoms with van der Waals surface area (Å²) in [7, 11) is -0.879. The number of benzene rings is 1. The van der Waals surface area contributed by atoms with Gasteiger partial charge >= 0.3 is 6.03 Å². The number of urea groups is 1. The van der Waals surface area contributed by atoms with Crippen molar-refractivity contribution >= 4 is 38.6 Å². The topological polar surface area (TPSA) is 147 Å². The number of hydrogen-bond donors (Lipinski definition) is 2. The molecule has 4 heterocycles. The highest BCUT2D eigenvalue weighted by Gasteiger charge is 2.44. The first kappa shape index (κ1) is 31.2. The van der Waals surface area contributed by atoms with Gasteiger partial charge in [-0.3, -0.25) is 18.9 Å². The summed E-state index contributed by atoms with van der Waals surface area (Å²) in [4.78, 5) is 41.7. The van der Waals surface area contributed by atoms with Crippen molar-refractivity contribution in [3.63, 3.8) is 0 Å². The van der Waals surface area contributed by atoms with Crippen LogP contribution in [0.3, 0.4) is 0 Å². The first-order chi connectivity index (χ1) is 21.2. The number of rotatable bonds is 8. The minimum Gasteiger partial charge on any atom is -0.366 e. The number of anilines is 2. The largest absolute Gasteiger partial charge is 0.366 e. The monoisotopic (exact) mass is 649 g/mol. The summed E-state index contributed by atoms with van der Waals surface area (Å²) in [5, 5.41) is 4.25. The SMILES string of the molecule is CONc1nc2c(N3CCN(C(=O)N4CCC(F)(F)C4)[C@H](C)C3)cc(S(=O)(=O)NC3(C)CC3)cc2c(=O)n1Cc1cnn(C)c1. The molecule has 2 amide bonds. The molecule has 2 aliphatic heterocycles. The summed E-state index contributed by atoms with van der Waals surface area (Å²) in [6, 6.07) is 1.98. The van der Waals surface area contributed by atoms with Gasteiger partial charge in [-0.25, -0.2) is 37.2 Å². The standard InChI is InChI=1S/C28H37F2N9O5S/c1-18-14-36(9-10-38(18)26(41)37-8-7-28(29,30)17-37)22-12-20(45(42,43)34-27(2)5-6-27)11-21-23(22)32-25(33-44-4)39(24(21)40)16-19-13-31-35(3)15-19/h11-13,15,18,34H,5-10,14,16-17H2,1-4H3,(H,32,33)/t18-/m1/s1. The summed E-state index contributed by atoms with van der Waals surface area (Å²) in [5.74, 6) is -2.79. The van der Waals surface area contributed by atoms with E-state index in [-0.39, 0.29) is 60.9 Å². The Bertz CT molecular complexity index is 1810. The number of sulfonamides is 1. The average molecular weight is 650 g/mol. The van der Waals surface area contributed by atoms with Crippen LogP contribution in [0.1, 0.15) is 38.7 Å². The highest BCUT2D eigenvalue weighted by molar-refractivity contribution is 7.89. The van der Waals surface area contributed by atoms with Crippen LogP contribution in [0.4, 0.5) is 25.2 Å². The number of carbonyl (C=O) groups excluding carboxylic acids is 1. The third-order valence-corrected chi connectivity index (χ3v) is 10.3. The van der Waals surface area contributed by atoms with E-state index >= 15 is 0 Å². The van der Waals surface area contributed by atoms with Crippen molar-refractivity contribution in [1.29, 1.82) is 0 Å². The maximum atomic E-state index is 14.1. The molecule has 1 aromatic carbocycles. The Kier molecular flexibility index (Phi) is 7.76. The van der Waals surface area contributed by atoms with E-state index in [0.717, 1.165) is 5.56 Å². The lowest BCUT2D eigenvalue weighted by Gasteiger charge is -2.42. The smallest absolute Gasteiger partial charge is 0.320 e. The van der Waals surface area contributed by atoms with Gasteiger partial charge in [-0.1, -0.05) is 0 Å². The molecule has 2 saturated heterocycles. The number of piperazine rings is 1. The first-order valence-corrected chi connectivity index (χ1v) is 16.2. The molecule has 0 radical (unpaired) electrons. The normalized spacial score (nSPS) is 21.0. The van der Waals surface area contributed by atoms with Crippen molar-refractivity contribution < 1.29 is 26.8 Å². The van der Waals surface area contributed by atoms with Gasteiger partial charge in [0.25, 0.3) is 11.5 Å². The van der Waals surface area contributed by atoms with E-state index in [4.69, 9.17) is 9.82 Å². The lowest BCUT2D eigenvalue weighted by atomic mass is 10.1. The fraction of sp³-hybridized carbons (Fsp3) is 0.571. The maximum absolute atomic E-state index is 14.1. The van der Waals surface area contributed by atoms with Crippen molar-refractivity contribution in [3.05, 3.63) is 40.4 Å². The summed E-state index contributed by atoms with van der Waals surface area (Å²) < 4.78 is 60.6. The molecule has 3 aromatic rings. The molecule has 17 heteroatoms. The highest BCUT2D eigenvalue weighted by atomic mass is 32.2. The van der Waals surface area contributed by atoms with E-state index < -0.39 is 45.7 Å². The number of aryl methyl sites for hydroxylation is 1. The lowest BCUT2D eigenvalue weighted by Crippen LogP contribution is -2.57.